The van der Waals surface area contributed by atoms with Crippen molar-refractivity contribution in [1.82, 2.24) is 14.6 Å². The van der Waals surface area contributed by atoms with Crippen molar-refractivity contribution in [2.45, 2.75) is 13.3 Å². The molecule has 0 aliphatic rings. The molecule has 29 heavy (non-hydrogen) atoms. The van der Waals surface area contributed by atoms with E-state index >= 15 is 0 Å². The summed E-state index contributed by atoms with van der Waals surface area (Å²) in [5.74, 6) is 0.488. The highest BCUT2D eigenvalue weighted by Crippen LogP contribution is 2.21. The summed E-state index contributed by atoms with van der Waals surface area (Å²) in [6, 6.07) is 17.8. The number of aldehydes is 1. The zero-order chi connectivity index (χ0) is 20.2. The van der Waals surface area contributed by atoms with Gasteiger partial charge in [0.05, 0.1) is 11.8 Å². The Hall–Kier alpha value is -4.00. The standard InChI is InChI=1S/C22H19N5O2/c1-2-16-13-21(27-20(24-16)11-12-23-27)25-17-7-9-18(10-8-17)26-22(29)19-6-4-3-5-15(19)14-28/h3-14,25H,2H2,1H3,(H,26,29). The topological polar surface area (TPSA) is 88.4 Å². The fourth-order valence-corrected chi connectivity index (χ4v) is 3.02. The smallest absolute Gasteiger partial charge is 0.256 e. The lowest BCUT2D eigenvalue weighted by atomic mass is 10.1. The average Bonchev–Trinajstić information content (AvgIpc) is 3.24. The minimum absolute atomic E-state index is 0.326. The highest BCUT2D eigenvalue weighted by molar-refractivity contribution is 6.08. The molecule has 0 atom stereocenters. The Morgan fingerprint density at radius 1 is 1.07 bits per heavy atom. The van der Waals surface area contributed by atoms with Gasteiger partial charge in [-0.25, -0.2) is 4.98 Å². The second-order valence-corrected chi connectivity index (χ2v) is 6.45. The molecule has 0 spiro atoms. The summed E-state index contributed by atoms with van der Waals surface area (Å²) in [6.07, 6.45) is 3.21. The van der Waals surface area contributed by atoms with Crippen LogP contribution in [0.1, 0.15) is 33.3 Å². The molecule has 2 N–H and O–H groups in total. The Morgan fingerprint density at radius 2 is 1.83 bits per heavy atom. The SMILES string of the molecule is CCc1cc(Nc2ccc(NC(=O)c3ccccc3C=O)cc2)n2nccc2n1. The third-order valence-electron chi connectivity index (χ3n) is 4.52. The van der Waals surface area contributed by atoms with Crippen molar-refractivity contribution in [1.29, 1.82) is 0 Å². The molecule has 2 aromatic heterocycles. The number of rotatable bonds is 6. The third-order valence-corrected chi connectivity index (χ3v) is 4.52. The second-order valence-electron chi connectivity index (χ2n) is 6.45. The normalized spacial score (nSPS) is 10.7. The van der Waals surface area contributed by atoms with E-state index in [1.54, 1.807) is 47.1 Å². The lowest BCUT2D eigenvalue weighted by Gasteiger charge is -2.11. The number of benzene rings is 2. The molecule has 144 valence electrons. The lowest BCUT2D eigenvalue weighted by Crippen LogP contribution is -2.14. The minimum Gasteiger partial charge on any atom is -0.340 e. The van der Waals surface area contributed by atoms with Crippen LogP contribution in [0.5, 0.6) is 0 Å². The molecule has 0 unspecified atom stereocenters. The van der Waals surface area contributed by atoms with Crippen molar-refractivity contribution in [3.05, 3.63) is 83.7 Å². The van der Waals surface area contributed by atoms with Gasteiger partial charge in [-0.1, -0.05) is 25.1 Å². The lowest BCUT2D eigenvalue weighted by molar-refractivity contribution is 0.101. The molecule has 0 fully saturated rings. The van der Waals surface area contributed by atoms with Crippen LogP contribution in [0.25, 0.3) is 5.65 Å². The molecule has 1 amide bonds. The fraction of sp³-hybridized carbons (Fsp3) is 0.0909. The van der Waals surface area contributed by atoms with Gasteiger partial charge in [0.2, 0.25) is 0 Å². The van der Waals surface area contributed by atoms with E-state index < -0.39 is 0 Å². The Kier molecular flexibility index (Phi) is 5.03. The van der Waals surface area contributed by atoms with Crippen LogP contribution in [0.15, 0.2) is 66.9 Å². The molecule has 0 saturated carbocycles. The molecule has 2 heterocycles. The first-order valence-corrected chi connectivity index (χ1v) is 9.24. The van der Waals surface area contributed by atoms with E-state index in [1.807, 2.05) is 24.3 Å². The molecule has 2 aromatic carbocycles. The number of fused-ring (bicyclic) bond motifs is 1. The van der Waals surface area contributed by atoms with E-state index in [0.717, 1.165) is 29.3 Å². The predicted octanol–water partition coefficient (Wildman–Crippen LogP) is 4.10. The highest BCUT2D eigenvalue weighted by atomic mass is 16.1. The molecule has 0 radical (unpaired) electrons. The van der Waals surface area contributed by atoms with Crippen LogP contribution in [0.4, 0.5) is 17.2 Å². The number of nitrogens with one attached hydrogen (secondary N) is 2. The highest BCUT2D eigenvalue weighted by Gasteiger charge is 2.11. The second kappa shape index (κ2) is 7.93. The molecule has 0 saturated heterocycles. The molecular weight excluding hydrogens is 366 g/mol. The number of amides is 1. The number of carbonyl (C=O) groups is 2. The van der Waals surface area contributed by atoms with Gasteiger partial charge in [0.15, 0.2) is 11.9 Å². The van der Waals surface area contributed by atoms with Gasteiger partial charge in [-0.05, 0) is 36.8 Å². The van der Waals surface area contributed by atoms with E-state index in [1.165, 1.54) is 0 Å². The summed E-state index contributed by atoms with van der Waals surface area (Å²) in [6.45, 7) is 2.05. The molecular formula is C22H19N5O2. The number of anilines is 3. The van der Waals surface area contributed by atoms with Crippen molar-refractivity contribution < 1.29 is 9.59 Å². The number of nitrogens with zero attached hydrogens (tertiary/aromatic N) is 3. The monoisotopic (exact) mass is 385 g/mol. The van der Waals surface area contributed by atoms with Gasteiger partial charge in [0.1, 0.15) is 5.82 Å². The Balaban J connectivity index is 1.52. The number of carbonyl (C=O) groups excluding carboxylic acids is 2. The van der Waals surface area contributed by atoms with Crippen LogP contribution in [-0.2, 0) is 6.42 Å². The van der Waals surface area contributed by atoms with Gasteiger partial charge in [0, 0.05) is 34.8 Å². The van der Waals surface area contributed by atoms with Crippen LogP contribution in [-0.4, -0.2) is 26.8 Å². The number of hydrogen-bond acceptors (Lipinski definition) is 5. The van der Waals surface area contributed by atoms with Gasteiger partial charge in [-0.3, -0.25) is 9.59 Å². The number of hydrogen-bond donors (Lipinski definition) is 2. The van der Waals surface area contributed by atoms with E-state index in [-0.39, 0.29) is 5.91 Å². The number of aromatic nitrogens is 3. The first kappa shape index (κ1) is 18.4. The molecule has 7 heteroatoms. The van der Waals surface area contributed by atoms with Crippen LogP contribution < -0.4 is 10.6 Å². The Bertz CT molecular complexity index is 1180. The third kappa shape index (κ3) is 3.84. The van der Waals surface area contributed by atoms with Crippen LogP contribution in [0.3, 0.4) is 0 Å². The van der Waals surface area contributed by atoms with Crippen LogP contribution in [0.2, 0.25) is 0 Å². The van der Waals surface area contributed by atoms with Gasteiger partial charge in [0.25, 0.3) is 5.91 Å². The van der Waals surface area contributed by atoms with E-state index in [4.69, 9.17) is 0 Å². The van der Waals surface area contributed by atoms with Crippen molar-refractivity contribution in [2.75, 3.05) is 10.6 Å². The number of aryl methyl sites for hydroxylation is 1. The summed E-state index contributed by atoms with van der Waals surface area (Å²) in [7, 11) is 0. The van der Waals surface area contributed by atoms with Crippen LogP contribution in [0, 0.1) is 0 Å². The van der Waals surface area contributed by atoms with Gasteiger partial charge in [-0.15, -0.1) is 0 Å². The van der Waals surface area contributed by atoms with E-state index in [0.29, 0.717) is 23.1 Å². The zero-order valence-corrected chi connectivity index (χ0v) is 15.8. The summed E-state index contributed by atoms with van der Waals surface area (Å²) < 4.78 is 1.74. The van der Waals surface area contributed by atoms with Crippen molar-refractivity contribution >= 4 is 35.0 Å². The maximum atomic E-state index is 12.5. The molecule has 7 nitrogen and oxygen atoms in total. The maximum Gasteiger partial charge on any atom is 0.256 e. The summed E-state index contributed by atoms with van der Waals surface area (Å²) in [4.78, 5) is 28.1. The predicted molar refractivity (Wildman–Crippen MR) is 112 cm³/mol. The first-order chi connectivity index (χ1) is 14.2. The van der Waals surface area contributed by atoms with Crippen molar-refractivity contribution in [3.63, 3.8) is 0 Å². The molecule has 4 rings (SSSR count). The van der Waals surface area contributed by atoms with Gasteiger partial charge < -0.3 is 10.6 Å². The summed E-state index contributed by atoms with van der Waals surface area (Å²) in [5.41, 5.74) is 3.93. The Morgan fingerprint density at radius 3 is 2.59 bits per heavy atom. The summed E-state index contributed by atoms with van der Waals surface area (Å²) >= 11 is 0. The van der Waals surface area contributed by atoms with E-state index in [9.17, 15) is 9.59 Å². The summed E-state index contributed by atoms with van der Waals surface area (Å²) in [5, 5.41) is 10.5. The van der Waals surface area contributed by atoms with E-state index in [2.05, 4.69) is 27.6 Å². The zero-order valence-electron chi connectivity index (χ0n) is 15.8. The minimum atomic E-state index is -0.326. The fourth-order valence-electron chi connectivity index (χ4n) is 3.02. The largest absolute Gasteiger partial charge is 0.340 e. The van der Waals surface area contributed by atoms with Gasteiger partial charge in [-0.2, -0.15) is 9.61 Å². The molecule has 0 aliphatic heterocycles. The van der Waals surface area contributed by atoms with Gasteiger partial charge >= 0.3 is 0 Å². The molecule has 0 bridgehead atoms. The Labute approximate surface area is 167 Å². The van der Waals surface area contributed by atoms with Crippen molar-refractivity contribution in [3.8, 4) is 0 Å². The molecule has 4 aromatic rings. The van der Waals surface area contributed by atoms with Crippen molar-refractivity contribution in [2.24, 2.45) is 0 Å². The maximum absolute atomic E-state index is 12.5. The molecule has 0 aliphatic carbocycles. The first-order valence-electron chi connectivity index (χ1n) is 9.24. The quantitative estimate of drug-likeness (QED) is 0.488. The average molecular weight is 385 g/mol. The van der Waals surface area contributed by atoms with Crippen LogP contribution >= 0.6 is 0 Å².